The second-order valence-electron chi connectivity index (χ2n) is 7.93. The van der Waals surface area contributed by atoms with Crippen molar-refractivity contribution in [3.63, 3.8) is 0 Å². The summed E-state index contributed by atoms with van der Waals surface area (Å²) < 4.78 is 33.4. The van der Waals surface area contributed by atoms with E-state index in [2.05, 4.69) is 24.4 Å². The predicted octanol–water partition coefficient (Wildman–Crippen LogP) is 5.03. The van der Waals surface area contributed by atoms with Gasteiger partial charge in [-0.25, -0.2) is 8.42 Å². The van der Waals surface area contributed by atoms with Gasteiger partial charge in [0.1, 0.15) is 12.3 Å². The molecule has 8 heteroatoms. The van der Waals surface area contributed by atoms with E-state index in [4.69, 9.17) is 4.74 Å². The number of para-hydroxylation sites is 1. The van der Waals surface area contributed by atoms with Gasteiger partial charge in [0, 0.05) is 12.3 Å². The number of carbonyl (C=O) groups excluding carboxylic acids is 1. The maximum absolute atomic E-state index is 13.4. The molecule has 1 N–H and O–H groups in total. The van der Waals surface area contributed by atoms with Crippen molar-refractivity contribution < 1.29 is 17.9 Å². The summed E-state index contributed by atoms with van der Waals surface area (Å²) in [5.41, 5.74) is 3.04. The first-order valence-corrected chi connectivity index (χ1v) is 14.2. The fourth-order valence-electron chi connectivity index (χ4n) is 3.45. The molecule has 0 unspecified atom stereocenters. The molecule has 0 saturated heterocycles. The van der Waals surface area contributed by atoms with E-state index in [1.807, 2.05) is 30.8 Å². The molecule has 0 fully saturated rings. The molecule has 1 amide bonds. The van der Waals surface area contributed by atoms with Crippen molar-refractivity contribution in [1.29, 1.82) is 0 Å². The minimum Gasteiger partial charge on any atom is -0.494 e. The van der Waals surface area contributed by atoms with Crippen LogP contribution in [0.25, 0.3) is 0 Å². The molecular formula is C27H32N2O4S2. The van der Waals surface area contributed by atoms with Gasteiger partial charge >= 0.3 is 0 Å². The molecule has 0 aliphatic carbocycles. The highest BCUT2D eigenvalue weighted by atomic mass is 32.2. The van der Waals surface area contributed by atoms with Crippen LogP contribution in [0.5, 0.6) is 5.75 Å². The normalized spacial score (nSPS) is 11.1. The molecule has 0 radical (unpaired) electrons. The highest BCUT2D eigenvalue weighted by Gasteiger charge is 2.27. The summed E-state index contributed by atoms with van der Waals surface area (Å²) >= 11 is 1.82. The second kappa shape index (κ2) is 13.2. The van der Waals surface area contributed by atoms with Crippen molar-refractivity contribution in [2.75, 3.05) is 29.8 Å². The zero-order chi connectivity index (χ0) is 25.1. The lowest BCUT2D eigenvalue weighted by molar-refractivity contribution is -0.119. The molecule has 3 aromatic rings. The number of amides is 1. The van der Waals surface area contributed by atoms with Gasteiger partial charge in [-0.3, -0.25) is 9.10 Å². The van der Waals surface area contributed by atoms with Crippen LogP contribution in [0.4, 0.5) is 5.69 Å². The van der Waals surface area contributed by atoms with Crippen LogP contribution >= 0.6 is 11.8 Å². The van der Waals surface area contributed by atoms with Gasteiger partial charge in [-0.15, -0.1) is 0 Å². The largest absolute Gasteiger partial charge is 0.494 e. The average molecular weight is 513 g/mol. The number of nitrogens with one attached hydrogen (secondary N) is 1. The Morgan fingerprint density at radius 2 is 1.66 bits per heavy atom. The number of nitrogens with zero attached hydrogens (tertiary/aromatic N) is 1. The Bertz CT molecular complexity index is 1180. The molecular weight excluding hydrogens is 480 g/mol. The number of hydrogen-bond donors (Lipinski definition) is 1. The molecule has 0 aromatic heterocycles. The van der Waals surface area contributed by atoms with Crippen LogP contribution in [0, 0.1) is 6.92 Å². The van der Waals surface area contributed by atoms with Crippen LogP contribution in [0.15, 0.2) is 83.8 Å². The molecule has 35 heavy (non-hydrogen) atoms. The van der Waals surface area contributed by atoms with E-state index < -0.39 is 10.0 Å². The average Bonchev–Trinajstić information content (AvgIpc) is 2.86. The van der Waals surface area contributed by atoms with E-state index in [1.54, 1.807) is 42.5 Å². The van der Waals surface area contributed by atoms with Gasteiger partial charge in [-0.2, -0.15) is 11.8 Å². The first-order chi connectivity index (χ1) is 16.9. The summed E-state index contributed by atoms with van der Waals surface area (Å²) in [4.78, 5) is 12.8. The zero-order valence-corrected chi connectivity index (χ0v) is 21.8. The van der Waals surface area contributed by atoms with Crippen LogP contribution in [-0.2, 0) is 20.6 Å². The standard InChI is InChI=1S/C27H32N2O4S2/c1-3-33-25-14-16-26(17-15-25)35(31,32)29(24-12-5-4-6-13-24)20-27(30)28-18-9-19-34-21-23-11-8-7-10-22(23)2/h4-8,10-17H,3,9,18-21H2,1-2H3,(H,28,30). The first-order valence-electron chi connectivity index (χ1n) is 11.6. The number of rotatable bonds is 13. The minimum atomic E-state index is -3.94. The lowest BCUT2D eigenvalue weighted by Gasteiger charge is -2.24. The molecule has 186 valence electrons. The number of sulfonamides is 1. The van der Waals surface area contributed by atoms with Gasteiger partial charge in [0.05, 0.1) is 17.2 Å². The van der Waals surface area contributed by atoms with Gasteiger partial charge in [0.2, 0.25) is 5.91 Å². The lowest BCUT2D eigenvalue weighted by atomic mass is 10.1. The first kappa shape index (κ1) is 26.6. The fourth-order valence-corrected chi connectivity index (χ4v) is 5.91. The number of ether oxygens (including phenoxy) is 1. The van der Waals surface area contributed by atoms with Gasteiger partial charge in [-0.05, 0) is 73.5 Å². The SMILES string of the molecule is CCOc1ccc(S(=O)(=O)N(CC(=O)NCCCSCc2ccccc2C)c2ccccc2)cc1. The smallest absolute Gasteiger partial charge is 0.264 e. The maximum atomic E-state index is 13.4. The summed E-state index contributed by atoms with van der Waals surface area (Å²) in [5.74, 6) is 2.09. The van der Waals surface area contributed by atoms with Gasteiger partial charge in [-0.1, -0.05) is 42.5 Å². The topological polar surface area (TPSA) is 75.7 Å². The Hall–Kier alpha value is -2.97. The maximum Gasteiger partial charge on any atom is 0.264 e. The van der Waals surface area contributed by atoms with Crippen LogP contribution in [0.2, 0.25) is 0 Å². The van der Waals surface area contributed by atoms with Gasteiger partial charge in [0.15, 0.2) is 0 Å². The Labute approximate surface area is 212 Å². The lowest BCUT2D eigenvalue weighted by Crippen LogP contribution is -2.41. The summed E-state index contributed by atoms with van der Waals surface area (Å²) in [6.07, 6.45) is 0.805. The van der Waals surface area contributed by atoms with Crippen LogP contribution in [0.3, 0.4) is 0 Å². The molecule has 0 aliphatic heterocycles. The molecule has 0 spiro atoms. The highest BCUT2D eigenvalue weighted by Crippen LogP contribution is 2.25. The Morgan fingerprint density at radius 3 is 2.34 bits per heavy atom. The summed E-state index contributed by atoms with van der Waals surface area (Å²) in [7, 11) is -3.94. The van der Waals surface area contributed by atoms with Crippen LogP contribution in [0.1, 0.15) is 24.5 Å². The monoisotopic (exact) mass is 512 g/mol. The Morgan fingerprint density at radius 1 is 0.971 bits per heavy atom. The summed E-state index contributed by atoms with van der Waals surface area (Å²) in [6.45, 7) is 4.66. The van der Waals surface area contributed by atoms with Crippen molar-refractivity contribution in [2.45, 2.75) is 30.9 Å². The number of hydrogen-bond acceptors (Lipinski definition) is 5. The van der Waals surface area contributed by atoms with Crippen LogP contribution < -0.4 is 14.4 Å². The quantitative estimate of drug-likeness (QED) is 0.325. The molecule has 0 heterocycles. The third-order valence-electron chi connectivity index (χ3n) is 5.36. The van der Waals surface area contributed by atoms with Gasteiger partial charge in [0.25, 0.3) is 10.0 Å². The van der Waals surface area contributed by atoms with Crippen molar-refractivity contribution in [3.05, 3.63) is 90.0 Å². The minimum absolute atomic E-state index is 0.102. The Kier molecular flexibility index (Phi) is 10.0. The van der Waals surface area contributed by atoms with E-state index in [1.165, 1.54) is 23.3 Å². The van der Waals surface area contributed by atoms with E-state index in [0.717, 1.165) is 22.2 Å². The molecule has 0 bridgehead atoms. The molecule has 6 nitrogen and oxygen atoms in total. The van der Waals surface area contributed by atoms with E-state index in [-0.39, 0.29) is 17.3 Å². The van der Waals surface area contributed by atoms with Crippen molar-refractivity contribution in [1.82, 2.24) is 5.32 Å². The van der Waals surface area contributed by atoms with Crippen molar-refractivity contribution in [2.24, 2.45) is 0 Å². The molecule has 0 saturated carbocycles. The Balaban J connectivity index is 1.58. The number of thioether (sulfide) groups is 1. The summed E-state index contributed by atoms with van der Waals surface area (Å²) in [5, 5.41) is 2.86. The highest BCUT2D eigenvalue weighted by molar-refractivity contribution is 7.98. The molecule has 3 rings (SSSR count). The fraction of sp³-hybridized carbons (Fsp3) is 0.296. The predicted molar refractivity (Wildman–Crippen MR) is 144 cm³/mol. The van der Waals surface area contributed by atoms with Crippen molar-refractivity contribution in [3.8, 4) is 5.75 Å². The number of aryl methyl sites for hydroxylation is 1. The number of benzene rings is 3. The molecule has 0 aliphatic rings. The van der Waals surface area contributed by atoms with E-state index in [0.29, 0.717) is 24.6 Å². The molecule has 0 atom stereocenters. The number of carbonyl (C=O) groups is 1. The summed E-state index contributed by atoms with van der Waals surface area (Å²) in [6, 6.07) is 23.2. The third kappa shape index (κ3) is 7.77. The zero-order valence-electron chi connectivity index (χ0n) is 20.1. The van der Waals surface area contributed by atoms with Gasteiger partial charge < -0.3 is 10.1 Å². The van der Waals surface area contributed by atoms with E-state index in [9.17, 15) is 13.2 Å². The van der Waals surface area contributed by atoms with E-state index >= 15 is 0 Å². The number of anilines is 1. The third-order valence-corrected chi connectivity index (χ3v) is 8.24. The van der Waals surface area contributed by atoms with Crippen LogP contribution in [-0.4, -0.2) is 39.8 Å². The molecule has 3 aromatic carbocycles. The van der Waals surface area contributed by atoms with Crippen molar-refractivity contribution >= 4 is 33.4 Å². The second-order valence-corrected chi connectivity index (χ2v) is 10.9.